The molecule has 2 heterocycles. The summed E-state index contributed by atoms with van der Waals surface area (Å²) in [4.78, 5) is 22.4. The fourth-order valence-electron chi connectivity index (χ4n) is 3.94. The Morgan fingerprint density at radius 2 is 1.96 bits per heavy atom. The summed E-state index contributed by atoms with van der Waals surface area (Å²) < 4.78 is 14.2. The zero-order chi connectivity index (χ0) is 16.9. The number of rotatable bonds is 1. The molecule has 4 rings (SSSR count). The first-order valence-corrected chi connectivity index (χ1v) is 8.10. The molecule has 1 aromatic rings. The molecule has 0 aromatic heterocycles. The van der Waals surface area contributed by atoms with Crippen LogP contribution >= 0.6 is 0 Å². The van der Waals surface area contributed by atoms with Crippen molar-refractivity contribution in [2.75, 3.05) is 4.90 Å². The lowest BCUT2D eigenvalue weighted by molar-refractivity contribution is 0.0965. The van der Waals surface area contributed by atoms with Gasteiger partial charge in [-0.25, -0.2) is 9.38 Å². The van der Waals surface area contributed by atoms with Crippen LogP contribution in [0.2, 0.25) is 0 Å². The van der Waals surface area contributed by atoms with Crippen molar-refractivity contribution < 1.29 is 9.18 Å². The minimum atomic E-state index is -0.651. The van der Waals surface area contributed by atoms with Gasteiger partial charge in [0.25, 0.3) is 5.91 Å². The van der Waals surface area contributed by atoms with Crippen molar-refractivity contribution >= 4 is 23.5 Å². The zero-order valence-electron chi connectivity index (χ0n) is 13.2. The molecule has 1 saturated carbocycles. The molecule has 0 unspecified atom stereocenters. The van der Waals surface area contributed by atoms with Crippen molar-refractivity contribution in [1.29, 1.82) is 0 Å². The number of fused-ring (bicyclic) bond motifs is 1. The van der Waals surface area contributed by atoms with Crippen molar-refractivity contribution in [2.24, 2.45) is 21.5 Å². The number of hydrogen-bond donors (Lipinski definition) is 3. The smallest absolute Gasteiger partial charge is 0.252 e. The van der Waals surface area contributed by atoms with Gasteiger partial charge in [-0.3, -0.25) is 9.69 Å². The van der Waals surface area contributed by atoms with Crippen LogP contribution in [-0.2, 0) is 6.54 Å². The lowest BCUT2D eigenvalue weighted by Gasteiger charge is -2.46. The number of halogens is 1. The number of aliphatic imine (C=N–C) groups is 2. The van der Waals surface area contributed by atoms with Gasteiger partial charge in [-0.1, -0.05) is 6.42 Å². The van der Waals surface area contributed by atoms with E-state index in [1.54, 1.807) is 4.90 Å². The first-order chi connectivity index (χ1) is 11.5. The second-order valence-electron chi connectivity index (χ2n) is 6.45. The Labute approximate surface area is 138 Å². The second-order valence-corrected chi connectivity index (χ2v) is 6.45. The fourth-order valence-corrected chi connectivity index (χ4v) is 3.94. The van der Waals surface area contributed by atoms with Gasteiger partial charge in [-0.15, -0.1) is 0 Å². The monoisotopic (exact) mass is 330 g/mol. The molecule has 3 aliphatic rings. The standard InChI is InChI=1S/C16H19FN6O/c17-9-6-10-11(8-20-13(10)24)12(7-9)23-15(19)21-14(18)22-16(23)4-2-1-3-5-16/h6-7H,1-5,8H2,(H,20,24)(H4,18,19,21,22). The number of carbonyl (C=O) groups excluding carboxylic acids is 1. The first kappa shape index (κ1) is 14.9. The van der Waals surface area contributed by atoms with E-state index in [1.165, 1.54) is 12.1 Å². The van der Waals surface area contributed by atoms with E-state index in [2.05, 4.69) is 15.3 Å². The average Bonchev–Trinajstić information content (AvgIpc) is 2.88. The Balaban J connectivity index is 1.90. The molecule has 1 amide bonds. The normalized spacial score (nSPS) is 22.0. The van der Waals surface area contributed by atoms with Crippen molar-refractivity contribution in [2.45, 2.75) is 44.3 Å². The number of carbonyl (C=O) groups is 1. The summed E-state index contributed by atoms with van der Waals surface area (Å²) in [5.74, 6) is -0.425. The summed E-state index contributed by atoms with van der Waals surface area (Å²) in [5.41, 5.74) is 13.0. The minimum Gasteiger partial charge on any atom is -0.369 e. The summed E-state index contributed by atoms with van der Waals surface area (Å²) >= 11 is 0. The molecular formula is C16H19FN6O. The third-order valence-electron chi connectivity index (χ3n) is 4.95. The van der Waals surface area contributed by atoms with Gasteiger partial charge in [0.2, 0.25) is 11.9 Å². The molecule has 1 aromatic carbocycles. The quantitative estimate of drug-likeness (QED) is 0.718. The Hall–Kier alpha value is -2.64. The summed E-state index contributed by atoms with van der Waals surface area (Å²) in [6.07, 6.45) is 4.60. The molecule has 1 spiro atoms. The number of guanidine groups is 2. The van der Waals surface area contributed by atoms with Crippen LogP contribution in [0.3, 0.4) is 0 Å². The van der Waals surface area contributed by atoms with Crippen LogP contribution in [0.15, 0.2) is 22.1 Å². The van der Waals surface area contributed by atoms with E-state index in [1.807, 2.05) is 0 Å². The molecule has 24 heavy (non-hydrogen) atoms. The summed E-state index contributed by atoms with van der Waals surface area (Å²) in [6, 6.07) is 2.65. The minimum absolute atomic E-state index is 0.146. The van der Waals surface area contributed by atoms with E-state index < -0.39 is 11.5 Å². The highest BCUT2D eigenvalue weighted by atomic mass is 19.1. The molecule has 1 fully saturated rings. The maximum atomic E-state index is 14.2. The zero-order valence-corrected chi connectivity index (χ0v) is 13.2. The molecule has 2 aliphatic heterocycles. The molecule has 0 saturated heterocycles. The molecule has 8 heteroatoms. The van der Waals surface area contributed by atoms with Gasteiger partial charge >= 0.3 is 0 Å². The molecule has 0 atom stereocenters. The van der Waals surface area contributed by atoms with Crippen molar-refractivity contribution in [3.8, 4) is 0 Å². The van der Waals surface area contributed by atoms with Gasteiger partial charge in [0.1, 0.15) is 11.5 Å². The molecule has 0 bridgehead atoms. The number of nitrogens with zero attached hydrogens (tertiary/aromatic N) is 3. The summed E-state index contributed by atoms with van der Waals surface area (Å²) in [6.45, 7) is 0.336. The van der Waals surface area contributed by atoms with Gasteiger partial charge in [0.15, 0.2) is 0 Å². The lowest BCUT2D eigenvalue weighted by Crippen LogP contribution is -2.58. The molecule has 7 nitrogen and oxygen atoms in total. The molecule has 0 radical (unpaired) electrons. The second kappa shape index (κ2) is 5.19. The van der Waals surface area contributed by atoms with Crippen molar-refractivity contribution in [3.05, 3.63) is 29.1 Å². The van der Waals surface area contributed by atoms with E-state index in [-0.39, 0.29) is 17.8 Å². The van der Waals surface area contributed by atoms with Crippen LogP contribution in [0.4, 0.5) is 10.1 Å². The average molecular weight is 330 g/mol. The molecule has 5 N–H and O–H groups in total. The van der Waals surface area contributed by atoms with Crippen LogP contribution < -0.4 is 21.7 Å². The Bertz CT molecular complexity index is 781. The third-order valence-corrected chi connectivity index (χ3v) is 4.95. The molecule has 1 aliphatic carbocycles. The van der Waals surface area contributed by atoms with Crippen LogP contribution in [0, 0.1) is 5.82 Å². The van der Waals surface area contributed by atoms with E-state index in [4.69, 9.17) is 11.5 Å². The SMILES string of the molecule is NC1=NC2(CCCCC2)N(c2cc(F)cc3c2CNC3=O)C(N)=N1. The summed E-state index contributed by atoms with van der Waals surface area (Å²) in [7, 11) is 0. The van der Waals surface area contributed by atoms with Crippen LogP contribution in [0.1, 0.15) is 48.0 Å². The largest absolute Gasteiger partial charge is 0.369 e. The van der Waals surface area contributed by atoms with Gasteiger partial charge in [-0.05, 0) is 37.8 Å². The van der Waals surface area contributed by atoms with E-state index >= 15 is 0 Å². The van der Waals surface area contributed by atoms with Crippen molar-refractivity contribution in [3.63, 3.8) is 0 Å². The number of anilines is 1. The van der Waals surface area contributed by atoms with Gasteiger partial charge < -0.3 is 16.8 Å². The van der Waals surface area contributed by atoms with E-state index in [0.29, 0.717) is 17.8 Å². The predicted octanol–water partition coefficient (Wildman–Crippen LogP) is 1.18. The highest BCUT2D eigenvalue weighted by Crippen LogP contribution is 2.42. The maximum absolute atomic E-state index is 14.2. The van der Waals surface area contributed by atoms with Gasteiger partial charge in [0.05, 0.1) is 5.69 Å². The third kappa shape index (κ3) is 2.13. The number of benzene rings is 1. The Morgan fingerprint density at radius 1 is 1.21 bits per heavy atom. The van der Waals surface area contributed by atoms with E-state index in [0.717, 1.165) is 37.7 Å². The Morgan fingerprint density at radius 3 is 2.71 bits per heavy atom. The van der Waals surface area contributed by atoms with Crippen LogP contribution in [-0.4, -0.2) is 23.5 Å². The Kier molecular flexibility index (Phi) is 3.22. The predicted molar refractivity (Wildman–Crippen MR) is 89.1 cm³/mol. The highest BCUT2D eigenvalue weighted by molar-refractivity contribution is 6.08. The first-order valence-electron chi connectivity index (χ1n) is 8.10. The molecule has 126 valence electrons. The molecular weight excluding hydrogens is 311 g/mol. The van der Waals surface area contributed by atoms with Gasteiger partial charge in [-0.2, -0.15) is 4.99 Å². The number of nitrogens with two attached hydrogens (primary N) is 2. The highest BCUT2D eigenvalue weighted by Gasteiger charge is 2.44. The lowest BCUT2D eigenvalue weighted by atomic mass is 9.86. The number of nitrogens with one attached hydrogen (secondary N) is 1. The van der Waals surface area contributed by atoms with E-state index in [9.17, 15) is 9.18 Å². The topological polar surface area (TPSA) is 109 Å². The number of hydrogen-bond acceptors (Lipinski definition) is 6. The van der Waals surface area contributed by atoms with Crippen LogP contribution in [0.25, 0.3) is 0 Å². The van der Waals surface area contributed by atoms with Crippen LogP contribution in [0.5, 0.6) is 0 Å². The summed E-state index contributed by atoms with van der Waals surface area (Å²) in [5, 5.41) is 2.73. The fraction of sp³-hybridized carbons (Fsp3) is 0.438. The number of amides is 1. The van der Waals surface area contributed by atoms with Gasteiger partial charge in [0, 0.05) is 17.7 Å². The maximum Gasteiger partial charge on any atom is 0.252 e. The van der Waals surface area contributed by atoms with Crippen molar-refractivity contribution in [1.82, 2.24) is 5.32 Å².